The molecule has 0 radical (unpaired) electrons. The van der Waals surface area contributed by atoms with E-state index in [2.05, 4.69) is 34.2 Å². The molecule has 0 aliphatic heterocycles. The fraction of sp³-hybridized carbons (Fsp3) is 0.364. The molecule has 0 amide bonds. The Bertz CT molecular complexity index is 435. The summed E-state index contributed by atoms with van der Waals surface area (Å²) in [4.78, 5) is 8.25. The second-order valence-corrected chi connectivity index (χ2v) is 3.86. The average molecular weight is 217 g/mol. The van der Waals surface area contributed by atoms with Crippen molar-refractivity contribution in [3.05, 3.63) is 36.5 Å². The fourth-order valence-electron chi connectivity index (χ4n) is 1.41. The minimum absolute atomic E-state index is 0.448. The summed E-state index contributed by atoms with van der Waals surface area (Å²) >= 11 is 0. The maximum atomic E-state index is 4.32. The van der Waals surface area contributed by atoms with E-state index in [0.717, 1.165) is 17.9 Å². The largest absolute Gasteiger partial charge is 0.310 e. The Kier molecular flexibility index (Phi) is 3.26. The first-order chi connectivity index (χ1) is 7.77. The third-order valence-corrected chi connectivity index (χ3v) is 2.20. The standard InChI is InChI=1S/C11H15N5/c1-9(2)14-6-10-4-3-5-13-11(10)16-8-12-7-15-16/h3-5,7-9,14H,6H2,1-2H3. The molecule has 0 spiro atoms. The molecule has 0 fully saturated rings. The Morgan fingerprint density at radius 2 is 2.31 bits per heavy atom. The molecule has 84 valence electrons. The number of hydrogen-bond donors (Lipinski definition) is 1. The molecule has 0 saturated carbocycles. The van der Waals surface area contributed by atoms with Crippen molar-refractivity contribution in [2.24, 2.45) is 0 Å². The van der Waals surface area contributed by atoms with Gasteiger partial charge in [-0.05, 0) is 6.07 Å². The van der Waals surface area contributed by atoms with E-state index in [4.69, 9.17) is 0 Å². The van der Waals surface area contributed by atoms with Crippen molar-refractivity contribution in [2.75, 3.05) is 0 Å². The lowest BCUT2D eigenvalue weighted by molar-refractivity contribution is 0.585. The molecule has 5 heteroatoms. The van der Waals surface area contributed by atoms with Crippen LogP contribution in [-0.2, 0) is 6.54 Å². The lowest BCUT2D eigenvalue weighted by Crippen LogP contribution is -2.23. The van der Waals surface area contributed by atoms with E-state index in [1.165, 1.54) is 6.33 Å². The maximum absolute atomic E-state index is 4.32. The van der Waals surface area contributed by atoms with Gasteiger partial charge >= 0.3 is 0 Å². The van der Waals surface area contributed by atoms with Crippen LogP contribution in [0.4, 0.5) is 0 Å². The molecule has 5 nitrogen and oxygen atoms in total. The van der Waals surface area contributed by atoms with Gasteiger partial charge in [0, 0.05) is 24.3 Å². The zero-order chi connectivity index (χ0) is 11.4. The van der Waals surface area contributed by atoms with Gasteiger partial charge in [0.1, 0.15) is 12.7 Å². The summed E-state index contributed by atoms with van der Waals surface area (Å²) in [5, 5.41) is 7.45. The van der Waals surface area contributed by atoms with E-state index < -0.39 is 0 Å². The van der Waals surface area contributed by atoms with E-state index in [0.29, 0.717) is 6.04 Å². The zero-order valence-electron chi connectivity index (χ0n) is 9.46. The van der Waals surface area contributed by atoms with Crippen molar-refractivity contribution in [3.8, 4) is 5.82 Å². The molecule has 0 saturated heterocycles. The molecule has 0 aromatic carbocycles. The van der Waals surface area contributed by atoms with Gasteiger partial charge in [0.05, 0.1) is 0 Å². The van der Waals surface area contributed by atoms with E-state index in [-0.39, 0.29) is 0 Å². The van der Waals surface area contributed by atoms with Gasteiger partial charge in [-0.25, -0.2) is 14.6 Å². The average Bonchev–Trinajstić information content (AvgIpc) is 2.80. The van der Waals surface area contributed by atoms with Gasteiger partial charge in [0.15, 0.2) is 5.82 Å². The monoisotopic (exact) mass is 217 g/mol. The highest BCUT2D eigenvalue weighted by Gasteiger charge is 2.06. The zero-order valence-corrected chi connectivity index (χ0v) is 9.46. The Labute approximate surface area is 94.5 Å². The maximum Gasteiger partial charge on any atom is 0.159 e. The molecule has 0 bridgehead atoms. The highest BCUT2D eigenvalue weighted by atomic mass is 15.3. The number of hydrogen-bond acceptors (Lipinski definition) is 4. The predicted molar refractivity (Wildman–Crippen MR) is 61.1 cm³/mol. The van der Waals surface area contributed by atoms with E-state index >= 15 is 0 Å². The Morgan fingerprint density at radius 3 is 3.00 bits per heavy atom. The van der Waals surface area contributed by atoms with Crippen LogP contribution < -0.4 is 5.32 Å². The minimum Gasteiger partial charge on any atom is -0.310 e. The van der Waals surface area contributed by atoms with Crippen molar-refractivity contribution in [2.45, 2.75) is 26.4 Å². The Morgan fingerprint density at radius 1 is 1.44 bits per heavy atom. The summed E-state index contributed by atoms with van der Waals surface area (Å²) < 4.78 is 1.68. The van der Waals surface area contributed by atoms with E-state index in [1.54, 1.807) is 17.2 Å². The van der Waals surface area contributed by atoms with Crippen LogP contribution in [0.25, 0.3) is 5.82 Å². The van der Waals surface area contributed by atoms with Gasteiger partial charge in [0.25, 0.3) is 0 Å². The summed E-state index contributed by atoms with van der Waals surface area (Å²) in [6.45, 7) is 5.01. The van der Waals surface area contributed by atoms with Crippen LogP contribution in [0.5, 0.6) is 0 Å². The third-order valence-electron chi connectivity index (χ3n) is 2.20. The van der Waals surface area contributed by atoms with Crippen LogP contribution in [0.15, 0.2) is 31.0 Å². The van der Waals surface area contributed by atoms with Crippen LogP contribution in [0.1, 0.15) is 19.4 Å². The van der Waals surface area contributed by atoms with Gasteiger partial charge in [-0.1, -0.05) is 19.9 Å². The first kappa shape index (κ1) is 10.8. The van der Waals surface area contributed by atoms with Crippen LogP contribution in [0.2, 0.25) is 0 Å². The van der Waals surface area contributed by atoms with Crippen LogP contribution in [-0.4, -0.2) is 25.8 Å². The van der Waals surface area contributed by atoms with E-state index in [9.17, 15) is 0 Å². The first-order valence-corrected chi connectivity index (χ1v) is 5.29. The third kappa shape index (κ3) is 2.43. The SMILES string of the molecule is CC(C)NCc1cccnc1-n1cncn1. The molecular weight excluding hydrogens is 202 g/mol. The second-order valence-electron chi connectivity index (χ2n) is 3.86. The molecule has 16 heavy (non-hydrogen) atoms. The number of nitrogens with zero attached hydrogens (tertiary/aromatic N) is 4. The van der Waals surface area contributed by atoms with Crippen molar-refractivity contribution in [3.63, 3.8) is 0 Å². The molecule has 2 heterocycles. The lowest BCUT2D eigenvalue weighted by atomic mass is 10.2. The smallest absolute Gasteiger partial charge is 0.159 e. The molecule has 2 rings (SSSR count). The Balaban J connectivity index is 2.24. The molecule has 0 unspecified atom stereocenters. The summed E-state index contributed by atoms with van der Waals surface area (Å²) in [5.74, 6) is 0.827. The second kappa shape index (κ2) is 4.85. The molecule has 2 aromatic heterocycles. The Hall–Kier alpha value is -1.75. The van der Waals surface area contributed by atoms with Gasteiger partial charge < -0.3 is 5.32 Å². The summed E-state index contributed by atoms with van der Waals surface area (Å²) in [6.07, 6.45) is 4.92. The highest BCUT2D eigenvalue weighted by molar-refractivity contribution is 5.31. The van der Waals surface area contributed by atoms with Crippen LogP contribution in [0.3, 0.4) is 0 Å². The minimum atomic E-state index is 0.448. The fourth-order valence-corrected chi connectivity index (χ4v) is 1.41. The van der Waals surface area contributed by atoms with Crippen molar-refractivity contribution >= 4 is 0 Å². The lowest BCUT2D eigenvalue weighted by Gasteiger charge is -2.11. The quantitative estimate of drug-likeness (QED) is 0.835. The molecular formula is C11H15N5. The van der Waals surface area contributed by atoms with Gasteiger partial charge in [-0.3, -0.25) is 0 Å². The van der Waals surface area contributed by atoms with Crippen molar-refractivity contribution < 1.29 is 0 Å². The van der Waals surface area contributed by atoms with Crippen LogP contribution in [0, 0.1) is 0 Å². The normalized spacial score (nSPS) is 10.9. The van der Waals surface area contributed by atoms with E-state index in [1.807, 2.05) is 12.1 Å². The summed E-state index contributed by atoms with van der Waals surface area (Å²) in [5.41, 5.74) is 1.11. The predicted octanol–water partition coefficient (Wildman–Crippen LogP) is 1.16. The van der Waals surface area contributed by atoms with Gasteiger partial charge in [-0.15, -0.1) is 0 Å². The number of pyridine rings is 1. The first-order valence-electron chi connectivity index (χ1n) is 5.29. The number of rotatable bonds is 4. The molecule has 0 atom stereocenters. The summed E-state index contributed by atoms with van der Waals surface area (Å²) in [7, 11) is 0. The van der Waals surface area contributed by atoms with Crippen molar-refractivity contribution in [1.29, 1.82) is 0 Å². The highest BCUT2D eigenvalue weighted by Crippen LogP contribution is 2.09. The molecule has 2 aromatic rings. The molecule has 0 aliphatic carbocycles. The van der Waals surface area contributed by atoms with Gasteiger partial charge in [0.2, 0.25) is 0 Å². The molecule has 0 aliphatic rings. The number of aromatic nitrogens is 4. The topological polar surface area (TPSA) is 55.6 Å². The molecule has 1 N–H and O–H groups in total. The number of nitrogens with one attached hydrogen (secondary N) is 1. The van der Waals surface area contributed by atoms with Crippen molar-refractivity contribution in [1.82, 2.24) is 25.1 Å². The van der Waals surface area contributed by atoms with Gasteiger partial charge in [-0.2, -0.15) is 5.10 Å². The summed E-state index contributed by atoms with van der Waals surface area (Å²) in [6, 6.07) is 4.42. The van der Waals surface area contributed by atoms with Crippen LogP contribution >= 0.6 is 0 Å².